The highest BCUT2D eigenvalue weighted by Gasteiger charge is 2.26. The van der Waals surface area contributed by atoms with Crippen LogP contribution in [-0.4, -0.2) is 38.8 Å². The standard InChI is InChI=1S/C23H32N4O3S/c1-5-12-30-16-20(13-17(2)3)26-31(28,29)21-8-6-19(7-9-21)15-27-18(4)25-22-14-24-11-10-23(22)27/h5-11,14,17-18,20,25-26H,1,12-13,15-16H2,2-4H3/t18?,20-/m0/s1. The zero-order chi connectivity index (χ0) is 22.4. The molecule has 0 fully saturated rings. The lowest BCUT2D eigenvalue weighted by Gasteiger charge is -2.24. The molecule has 0 radical (unpaired) electrons. The van der Waals surface area contributed by atoms with Crippen LogP contribution in [0.25, 0.3) is 0 Å². The molecule has 1 aliphatic rings. The number of nitrogens with zero attached hydrogens (tertiary/aromatic N) is 2. The molecule has 7 nitrogen and oxygen atoms in total. The smallest absolute Gasteiger partial charge is 0.240 e. The Morgan fingerprint density at radius 1 is 1.29 bits per heavy atom. The summed E-state index contributed by atoms with van der Waals surface area (Å²) in [6.45, 7) is 11.2. The Labute approximate surface area is 185 Å². The van der Waals surface area contributed by atoms with Gasteiger partial charge in [0.25, 0.3) is 0 Å². The molecule has 0 bridgehead atoms. The molecule has 0 saturated heterocycles. The van der Waals surface area contributed by atoms with E-state index in [0.717, 1.165) is 16.9 Å². The first-order chi connectivity index (χ1) is 14.8. The van der Waals surface area contributed by atoms with E-state index in [1.165, 1.54) is 0 Å². The molecule has 0 amide bonds. The van der Waals surface area contributed by atoms with Crippen LogP contribution in [0, 0.1) is 5.92 Å². The van der Waals surface area contributed by atoms with Gasteiger partial charge in [-0.25, -0.2) is 13.1 Å². The highest BCUT2D eigenvalue weighted by molar-refractivity contribution is 7.89. The van der Waals surface area contributed by atoms with Gasteiger partial charge in [-0.2, -0.15) is 0 Å². The number of aromatic nitrogens is 1. The highest BCUT2D eigenvalue weighted by Crippen LogP contribution is 2.34. The van der Waals surface area contributed by atoms with E-state index in [-0.39, 0.29) is 17.1 Å². The molecule has 3 rings (SSSR count). The molecule has 1 aliphatic heterocycles. The zero-order valence-corrected chi connectivity index (χ0v) is 19.2. The third kappa shape index (κ3) is 6.06. The maximum Gasteiger partial charge on any atom is 0.240 e. The quantitative estimate of drug-likeness (QED) is 0.406. The van der Waals surface area contributed by atoms with Crippen molar-refractivity contribution in [2.75, 3.05) is 23.4 Å². The molecule has 2 heterocycles. The lowest BCUT2D eigenvalue weighted by Crippen LogP contribution is -2.39. The topological polar surface area (TPSA) is 83.6 Å². The van der Waals surface area contributed by atoms with Gasteiger partial charge in [-0.1, -0.05) is 32.1 Å². The van der Waals surface area contributed by atoms with Gasteiger partial charge in [0.1, 0.15) is 0 Å². The molecule has 1 aromatic carbocycles. The summed E-state index contributed by atoms with van der Waals surface area (Å²) in [5, 5.41) is 3.40. The summed E-state index contributed by atoms with van der Waals surface area (Å²) < 4.78 is 34.1. The van der Waals surface area contributed by atoms with Gasteiger partial charge in [0.2, 0.25) is 10.0 Å². The fourth-order valence-corrected chi connectivity index (χ4v) is 4.99. The largest absolute Gasteiger partial charge is 0.376 e. The fourth-order valence-electron chi connectivity index (χ4n) is 3.75. The molecule has 168 valence electrons. The molecular weight excluding hydrogens is 412 g/mol. The van der Waals surface area contributed by atoms with Gasteiger partial charge in [0.05, 0.1) is 41.8 Å². The van der Waals surface area contributed by atoms with Crippen LogP contribution in [0.15, 0.2) is 60.3 Å². The van der Waals surface area contributed by atoms with Gasteiger partial charge < -0.3 is 15.0 Å². The van der Waals surface area contributed by atoms with Crippen molar-refractivity contribution in [1.82, 2.24) is 9.71 Å². The minimum absolute atomic E-state index is 0.136. The number of ether oxygens (including phenoxy) is 1. The Balaban J connectivity index is 1.68. The van der Waals surface area contributed by atoms with Gasteiger partial charge in [-0.3, -0.25) is 4.98 Å². The van der Waals surface area contributed by atoms with E-state index in [4.69, 9.17) is 4.74 Å². The number of hydrogen-bond acceptors (Lipinski definition) is 6. The SMILES string of the molecule is C=CCOC[C@H](CC(C)C)NS(=O)(=O)c1ccc(CN2c3ccncc3NC2C)cc1. The normalized spacial score (nSPS) is 16.8. The van der Waals surface area contributed by atoms with Gasteiger partial charge >= 0.3 is 0 Å². The summed E-state index contributed by atoms with van der Waals surface area (Å²) in [6, 6.07) is 8.76. The van der Waals surface area contributed by atoms with Crippen molar-refractivity contribution in [3.8, 4) is 0 Å². The first-order valence-corrected chi connectivity index (χ1v) is 12.1. The number of hydrogen-bond donors (Lipinski definition) is 2. The monoisotopic (exact) mass is 444 g/mol. The lowest BCUT2D eigenvalue weighted by atomic mass is 10.1. The van der Waals surface area contributed by atoms with Crippen molar-refractivity contribution in [2.45, 2.75) is 50.8 Å². The predicted molar refractivity (Wildman–Crippen MR) is 125 cm³/mol. The predicted octanol–water partition coefficient (Wildman–Crippen LogP) is 3.76. The minimum atomic E-state index is -3.64. The average molecular weight is 445 g/mol. The third-order valence-electron chi connectivity index (χ3n) is 5.16. The summed E-state index contributed by atoms with van der Waals surface area (Å²) in [4.78, 5) is 6.65. The zero-order valence-electron chi connectivity index (χ0n) is 18.4. The van der Waals surface area contributed by atoms with E-state index in [2.05, 4.69) is 47.3 Å². The van der Waals surface area contributed by atoms with Gasteiger partial charge in [-0.05, 0) is 43.0 Å². The molecule has 1 unspecified atom stereocenters. The van der Waals surface area contributed by atoms with E-state index < -0.39 is 10.0 Å². The third-order valence-corrected chi connectivity index (χ3v) is 6.69. The summed E-state index contributed by atoms with van der Waals surface area (Å²) in [6.07, 6.45) is 6.09. The Bertz CT molecular complexity index is 977. The first kappa shape index (κ1) is 23.2. The lowest BCUT2D eigenvalue weighted by molar-refractivity contribution is 0.135. The van der Waals surface area contributed by atoms with Crippen LogP contribution in [0.1, 0.15) is 32.8 Å². The summed E-state index contributed by atoms with van der Waals surface area (Å²) in [5.41, 5.74) is 3.13. The second-order valence-electron chi connectivity index (χ2n) is 8.26. The summed E-state index contributed by atoms with van der Waals surface area (Å²) >= 11 is 0. The molecular formula is C23H32N4O3S. The maximum absolute atomic E-state index is 12.9. The second-order valence-corrected chi connectivity index (χ2v) is 9.97. The number of benzene rings is 1. The Kier molecular flexibility index (Phi) is 7.69. The van der Waals surface area contributed by atoms with Crippen molar-refractivity contribution in [3.63, 3.8) is 0 Å². The van der Waals surface area contributed by atoms with Crippen LogP contribution < -0.4 is 14.9 Å². The molecule has 1 aromatic heterocycles. The van der Waals surface area contributed by atoms with Crippen LogP contribution in [0.2, 0.25) is 0 Å². The molecule has 8 heteroatoms. The van der Waals surface area contributed by atoms with Crippen molar-refractivity contribution < 1.29 is 13.2 Å². The van der Waals surface area contributed by atoms with Crippen molar-refractivity contribution in [3.05, 3.63) is 60.9 Å². The number of anilines is 2. The van der Waals surface area contributed by atoms with E-state index >= 15 is 0 Å². The van der Waals surface area contributed by atoms with Crippen molar-refractivity contribution in [2.24, 2.45) is 5.92 Å². The minimum Gasteiger partial charge on any atom is -0.376 e. The van der Waals surface area contributed by atoms with Gasteiger partial charge in [-0.15, -0.1) is 6.58 Å². The summed E-state index contributed by atoms with van der Waals surface area (Å²) in [7, 11) is -3.64. The first-order valence-electron chi connectivity index (χ1n) is 10.6. The molecule has 0 spiro atoms. The maximum atomic E-state index is 12.9. The van der Waals surface area contributed by atoms with E-state index in [1.807, 2.05) is 24.4 Å². The molecule has 2 aromatic rings. The van der Waals surface area contributed by atoms with Crippen LogP contribution in [0.4, 0.5) is 11.4 Å². The molecule has 2 N–H and O–H groups in total. The Hall–Kier alpha value is -2.42. The van der Waals surface area contributed by atoms with Crippen LogP contribution in [-0.2, 0) is 21.3 Å². The molecule has 0 aliphatic carbocycles. The Morgan fingerprint density at radius 3 is 2.71 bits per heavy atom. The number of fused-ring (bicyclic) bond motifs is 1. The van der Waals surface area contributed by atoms with Gasteiger partial charge in [0, 0.05) is 18.8 Å². The van der Waals surface area contributed by atoms with Crippen molar-refractivity contribution in [1.29, 1.82) is 0 Å². The van der Waals surface area contributed by atoms with E-state index in [9.17, 15) is 8.42 Å². The molecule has 0 saturated carbocycles. The van der Waals surface area contributed by atoms with E-state index in [0.29, 0.717) is 32.1 Å². The van der Waals surface area contributed by atoms with Crippen LogP contribution >= 0.6 is 0 Å². The Morgan fingerprint density at radius 2 is 2.03 bits per heavy atom. The number of pyridine rings is 1. The number of nitrogens with one attached hydrogen (secondary N) is 2. The second kappa shape index (κ2) is 10.3. The van der Waals surface area contributed by atoms with Crippen LogP contribution in [0.3, 0.4) is 0 Å². The number of sulfonamides is 1. The van der Waals surface area contributed by atoms with Crippen LogP contribution in [0.5, 0.6) is 0 Å². The average Bonchev–Trinajstić information content (AvgIpc) is 3.03. The van der Waals surface area contributed by atoms with Gasteiger partial charge in [0.15, 0.2) is 0 Å². The fraction of sp³-hybridized carbons (Fsp3) is 0.435. The highest BCUT2D eigenvalue weighted by atomic mass is 32.2. The molecule has 31 heavy (non-hydrogen) atoms. The molecule has 2 atom stereocenters. The van der Waals surface area contributed by atoms with E-state index in [1.54, 1.807) is 24.4 Å². The number of rotatable bonds is 11. The van der Waals surface area contributed by atoms with Crippen molar-refractivity contribution >= 4 is 21.4 Å². The summed E-state index contributed by atoms with van der Waals surface area (Å²) in [5.74, 6) is 0.344.